The van der Waals surface area contributed by atoms with Crippen molar-refractivity contribution in [2.75, 3.05) is 39.8 Å². The summed E-state index contributed by atoms with van der Waals surface area (Å²) in [6.45, 7) is 5.52. The Balaban J connectivity index is 1.24. The maximum Gasteiger partial charge on any atom is 0.269 e. The van der Waals surface area contributed by atoms with E-state index in [1.54, 1.807) is 19.2 Å². The zero-order chi connectivity index (χ0) is 21.6. The number of hydrogen-bond acceptors (Lipinski definition) is 8. The van der Waals surface area contributed by atoms with E-state index in [9.17, 15) is 10.1 Å². The molecule has 3 aromatic rings. The molecule has 0 radical (unpaired) electrons. The van der Waals surface area contributed by atoms with Crippen molar-refractivity contribution in [1.29, 1.82) is 0 Å². The summed E-state index contributed by atoms with van der Waals surface area (Å²) in [6, 6.07) is 14.4. The number of hydrogen-bond donors (Lipinski definition) is 0. The highest BCUT2D eigenvalue weighted by molar-refractivity contribution is 5.56. The lowest BCUT2D eigenvalue weighted by Gasteiger charge is -2.33. The molecule has 4 rings (SSSR count). The molecular weight excluding hydrogens is 398 g/mol. The number of rotatable bonds is 8. The van der Waals surface area contributed by atoms with Crippen LogP contribution in [0.25, 0.3) is 11.4 Å². The normalized spacial score (nSPS) is 15.1. The van der Waals surface area contributed by atoms with Crippen LogP contribution >= 0.6 is 0 Å². The van der Waals surface area contributed by atoms with Crippen LogP contribution in [0.3, 0.4) is 0 Å². The molecule has 1 aromatic heterocycles. The molecule has 0 amide bonds. The summed E-state index contributed by atoms with van der Waals surface area (Å²) in [5.41, 5.74) is 2.05. The van der Waals surface area contributed by atoms with E-state index in [-0.39, 0.29) is 5.69 Å². The SMILES string of the molecule is COc1ccc(CCN2CCN(Cc3nc(-c4ccc([N+](=O)[O-])cc4)no3)CC2)cc1. The van der Waals surface area contributed by atoms with Crippen molar-refractivity contribution in [3.8, 4) is 17.1 Å². The highest BCUT2D eigenvalue weighted by atomic mass is 16.6. The fourth-order valence-corrected chi connectivity index (χ4v) is 3.61. The number of aromatic nitrogens is 2. The van der Waals surface area contributed by atoms with Gasteiger partial charge in [-0.3, -0.25) is 15.0 Å². The molecule has 0 spiro atoms. The molecule has 2 aromatic carbocycles. The number of piperazine rings is 1. The summed E-state index contributed by atoms with van der Waals surface area (Å²) in [6.07, 6.45) is 1.02. The van der Waals surface area contributed by atoms with Crippen molar-refractivity contribution in [2.45, 2.75) is 13.0 Å². The van der Waals surface area contributed by atoms with Crippen LogP contribution in [0.1, 0.15) is 11.5 Å². The fourth-order valence-electron chi connectivity index (χ4n) is 3.61. The molecule has 0 bridgehead atoms. The van der Waals surface area contributed by atoms with Crippen molar-refractivity contribution in [3.05, 3.63) is 70.1 Å². The van der Waals surface area contributed by atoms with Crippen LogP contribution in [0.5, 0.6) is 5.75 Å². The molecule has 0 aliphatic carbocycles. The molecule has 0 N–H and O–H groups in total. The lowest BCUT2D eigenvalue weighted by Crippen LogP contribution is -2.46. The Morgan fingerprint density at radius 3 is 2.35 bits per heavy atom. The minimum absolute atomic E-state index is 0.0392. The van der Waals surface area contributed by atoms with Gasteiger partial charge in [-0.1, -0.05) is 17.3 Å². The largest absolute Gasteiger partial charge is 0.497 e. The Kier molecular flexibility index (Phi) is 6.54. The van der Waals surface area contributed by atoms with Gasteiger partial charge in [-0.25, -0.2) is 0 Å². The van der Waals surface area contributed by atoms with Crippen molar-refractivity contribution >= 4 is 5.69 Å². The third-order valence-corrected chi connectivity index (χ3v) is 5.50. The molecule has 9 nitrogen and oxygen atoms in total. The Hall–Kier alpha value is -3.30. The van der Waals surface area contributed by atoms with E-state index < -0.39 is 4.92 Å². The van der Waals surface area contributed by atoms with E-state index in [1.807, 2.05) is 12.1 Å². The van der Waals surface area contributed by atoms with Crippen molar-refractivity contribution in [1.82, 2.24) is 19.9 Å². The number of ether oxygens (including phenoxy) is 1. The van der Waals surface area contributed by atoms with Crippen LogP contribution in [-0.2, 0) is 13.0 Å². The average Bonchev–Trinajstić information content (AvgIpc) is 3.27. The topological polar surface area (TPSA) is 97.8 Å². The minimum atomic E-state index is -0.428. The molecule has 1 saturated heterocycles. The zero-order valence-electron chi connectivity index (χ0n) is 17.4. The highest BCUT2D eigenvalue weighted by Gasteiger charge is 2.19. The molecular formula is C22H25N5O4. The zero-order valence-corrected chi connectivity index (χ0v) is 17.4. The number of nitrogens with zero attached hydrogens (tertiary/aromatic N) is 5. The van der Waals surface area contributed by atoms with E-state index >= 15 is 0 Å². The van der Waals surface area contributed by atoms with E-state index in [1.165, 1.54) is 17.7 Å². The van der Waals surface area contributed by atoms with Crippen LogP contribution < -0.4 is 4.74 Å². The van der Waals surface area contributed by atoms with Gasteiger partial charge >= 0.3 is 0 Å². The van der Waals surface area contributed by atoms with Gasteiger partial charge in [-0.15, -0.1) is 0 Å². The van der Waals surface area contributed by atoms with Gasteiger partial charge in [-0.2, -0.15) is 4.98 Å². The fraction of sp³-hybridized carbons (Fsp3) is 0.364. The van der Waals surface area contributed by atoms with Crippen molar-refractivity contribution in [2.24, 2.45) is 0 Å². The molecule has 1 aliphatic heterocycles. The van der Waals surface area contributed by atoms with Crippen LogP contribution in [0.15, 0.2) is 53.1 Å². The Morgan fingerprint density at radius 2 is 1.71 bits per heavy atom. The molecule has 1 fully saturated rings. The van der Waals surface area contributed by atoms with Gasteiger partial charge in [0, 0.05) is 50.4 Å². The first-order valence-corrected chi connectivity index (χ1v) is 10.3. The number of nitro benzene ring substituents is 1. The van der Waals surface area contributed by atoms with Gasteiger partial charge < -0.3 is 14.2 Å². The van der Waals surface area contributed by atoms with Crippen molar-refractivity contribution < 1.29 is 14.2 Å². The summed E-state index contributed by atoms with van der Waals surface area (Å²) in [5, 5.41) is 14.8. The third-order valence-electron chi connectivity index (χ3n) is 5.50. The predicted octanol–water partition coefficient (Wildman–Crippen LogP) is 3.01. The van der Waals surface area contributed by atoms with Gasteiger partial charge in [-0.05, 0) is 36.2 Å². The second-order valence-electron chi connectivity index (χ2n) is 7.53. The third kappa shape index (κ3) is 5.44. The molecule has 1 aliphatic rings. The van der Waals surface area contributed by atoms with Gasteiger partial charge in [0.25, 0.3) is 5.69 Å². The number of benzene rings is 2. The first-order valence-electron chi connectivity index (χ1n) is 10.3. The second kappa shape index (κ2) is 9.67. The van der Waals surface area contributed by atoms with Crippen LogP contribution in [0, 0.1) is 10.1 Å². The first kappa shape index (κ1) is 21.0. The monoisotopic (exact) mass is 423 g/mol. The molecule has 31 heavy (non-hydrogen) atoms. The van der Waals surface area contributed by atoms with E-state index in [2.05, 4.69) is 32.1 Å². The number of methoxy groups -OCH3 is 1. The lowest BCUT2D eigenvalue weighted by atomic mass is 10.1. The second-order valence-corrected chi connectivity index (χ2v) is 7.53. The van der Waals surface area contributed by atoms with Crippen molar-refractivity contribution in [3.63, 3.8) is 0 Å². The minimum Gasteiger partial charge on any atom is -0.497 e. The Bertz CT molecular complexity index is 996. The van der Waals surface area contributed by atoms with Crippen LogP contribution in [0.2, 0.25) is 0 Å². The Morgan fingerprint density at radius 1 is 1.03 bits per heavy atom. The molecule has 2 heterocycles. The average molecular weight is 423 g/mol. The van der Waals surface area contributed by atoms with Crippen LogP contribution in [-0.4, -0.2) is 64.7 Å². The maximum absolute atomic E-state index is 10.8. The number of nitro groups is 1. The van der Waals surface area contributed by atoms with Gasteiger partial charge in [0.1, 0.15) is 5.75 Å². The molecule has 162 valence electrons. The summed E-state index contributed by atoms with van der Waals surface area (Å²) >= 11 is 0. The Labute approximate surface area is 180 Å². The molecule has 9 heteroatoms. The standard InChI is InChI=1S/C22H25N5O4/c1-30-20-8-2-17(3-9-20)10-11-25-12-14-26(15-13-25)16-21-23-22(24-31-21)18-4-6-19(7-5-18)27(28)29/h2-9H,10-16H2,1H3. The quantitative estimate of drug-likeness (QED) is 0.403. The smallest absolute Gasteiger partial charge is 0.269 e. The number of non-ortho nitro benzene ring substituents is 1. The van der Waals surface area contributed by atoms with E-state index in [4.69, 9.17) is 9.26 Å². The molecule has 0 saturated carbocycles. The van der Waals surface area contributed by atoms with E-state index in [0.717, 1.165) is 44.9 Å². The van der Waals surface area contributed by atoms with Gasteiger partial charge in [0.05, 0.1) is 18.6 Å². The first-order chi connectivity index (χ1) is 15.1. The summed E-state index contributed by atoms with van der Waals surface area (Å²) < 4.78 is 10.6. The summed E-state index contributed by atoms with van der Waals surface area (Å²) in [4.78, 5) is 19.6. The van der Waals surface area contributed by atoms with Crippen LogP contribution in [0.4, 0.5) is 5.69 Å². The van der Waals surface area contributed by atoms with Gasteiger partial charge in [0.2, 0.25) is 11.7 Å². The van der Waals surface area contributed by atoms with Gasteiger partial charge in [0.15, 0.2) is 0 Å². The summed E-state index contributed by atoms with van der Waals surface area (Å²) in [5.74, 6) is 1.89. The molecule has 0 atom stereocenters. The predicted molar refractivity (Wildman–Crippen MR) is 115 cm³/mol. The highest BCUT2D eigenvalue weighted by Crippen LogP contribution is 2.20. The summed E-state index contributed by atoms with van der Waals surface area (Å²) in [7, 11) is 1.68. The maximum atomic E-state index is 10.8. The van der Waals surface area contributed by atoms with E-state index in [0.29, 0.717) is 23.8 Å². The lowest BCUT2D eigenvalue weighted by molar-refractivity contribution is -0.384. The molecule has 0 unspecified atom stereocenters.